The van der Waals surface area contributed by atoms with Gasteiger partial charge in [0.25, 0.3) is 5.91 Å². The van der Waals surface area contributed by atoms with E-state index in [1.54, 1.807) is 11.0 Å². The summed E-state index contributed by atoms with van der Waals surface area (Å²) in [5, 5.41) is 17.1. The van der Waals surface area contributed by atoms with Crippen molar-refractivity contribution in [1.82, 2.24) is 20.0 Å². The van der Waals surface area contributed by atoms with Crippen LogP contribution in [0, 0.1) is 0 Å². The van der Waals surface area contributed by atoms with Crippen molar-refractivity contribution in [2.45, 2.75) is 25.4 Å². The van der Waals surface area contributed by atoms with Gasteiger partial charge in [-0.1, -0.05) is 30.3 Å². The van der Waals surface area contributed by atoms with Crippen LogP contribution in [0.25, 0.3) is 0 Å². The lowest BCUT2D eigenvalue weighted by molar-refractivity contribution is 0.0700. The van der Waals surface area contributed by atoms with E-state index >= 15 is 0 Å². The fourth-order valence-electron chi connectivity index (χ4n) is 3.05. The molecule has 0 aliphatic carbocycles. The van der Waals surface area contributed by atoms with Crippen molar-refractivity contribution >= 4 is 18.3 Å². The second kappa shape index (κ2) is 9.56. The smallest absolute Gasteiger partial charge is 0.274 e. The van der Waals surface area contributed by atoms with Crippen molar-refractivity contribution in [3.63, 3.8) is 0 Å². The Morgan fingerprint density at radius 3 is 2.80 bits per heavy atom. The third-order valence-corrected chi connectivity index (χ3v) is 4.35. The number of rotatable bonds is 6. The Morgan fingerprint density at radius 2 is 2.12 bits per heavy atom. The Balaban J connectivity index is 0.00000225. The zero-order valence-corrected chi connectivity index (χ0v) is 15.0. The molecule has 1 aliphatic heterocycles. The summed E-state index contributed by atoms with van der Waals surface area (Å²) in [7, 11) is 0. The summed E-state index contributed by atoms with van der Waals surface area (Å²) in [5.74, 6) is -0.143. The molecular formula is C18H25ClN4O2. The average molecular weight is 365 g/mol. The topological polar surface area (TPSA) is 70.4 Å². The van der Waals surface area contributed by atoms with Crippen molar-refractivity contribution in [3.05, 3.63) is 53.9 Å². The van der Waals surface area contributed by atoms with Gasteiger partial charge in [0.1, 0.15) is 5.69 Å². The Labute approximate surface area is 154 Å². The van der Waals surface area contributed by atoms with Crippen LogP contribution in [0.15, 0.2) is 42.6 Å². The summed E-state index contributed by atoms with van der Waals surface area (Å²) in [5.41, 5.74) is 1.47. The molecular weight excluding hydrogens is 340 g/mol. The number of carbonyl (C=O) groups is 1. The Morgan fingerprint density at radius 1 is 1.32 bits per heavy atom. The summed E-state index contributed by atoms with van der Waals surface area (Å²) in [6.07, 6.45) is 4.08. The van der Waals surface area contributed by atoms with Gasteiger partial charge < -0.3 is 15.3 Å². The van der Waals surface area contributed by atoms with Gasteiger partial charge in [-0.3, -0.25) is 9.48 Å². The number of hydrogen-bond donors (Lipinski definition) is 2. The highest BCUT2D eigenvalue weighted by molar-refractivity contribution is 5.92. The molecule has 1 aromatic carbocycles. The van der Waals surface area contributed by atoms with E-state index in [4.69, 9.17) is 0 Å². The standard InChI is InChI=1S/C18H24N4O2.ClH/c23-12-11-21(14-15-5-2-1-3-6-15)18(24)17-8-10-22(20-17)16-7-4-9-19-13-16;/h1-3,5-6,8,10,16,19,23H,4,7,9,11-14H2;1H. The van der Waals surface area contributed by atoms with Gasteiger partial charge in [0, 0.05) is 25.8 Å². The van der Waals surface area contributed by atoms with Gasteiger partial charge in [0.15, 0.2) is 0 Å². The zero-order chi connectivity index (χ0) is 16.8. The second-order valence-electron chi connectivity index (χ2n) is 6.12. The van der Waals surface area contributed by atoms with E-state index in [-0.39, 0.29) is 24.9 Å². The SMILES string of the molecule is Cl.O=C(c1ccn(C2CCCNC2)n1)N(CCO)Cc1ccccc1. The molecule has 7 heteroatoms. The molecule has 1 atom stereocenters. The van der Waals surface area contributed by atoms with Crippen LogP contribution in [0.3, 0.4) is 0 Å². The van der Waals surface area contributed by atoms with E-state index in [0.717, 1.165) is 31.5 Å². The van der Waals surface area contributed by atoms with Crippen LogP contribution in [-0.2, 0) is 6.54 Å². The van der Waals surface area contributed by atoms with Crippen LogP contribution in [0.1, 0.15) is 34.9 Å². The van der Waals surface area contributed by atoms with E-state index in [2.05, 4.69) is 10.4 Å². The van der Waals surface area contributed by atoms with Gasteiger partial charge in [0.05, 0.1) is 12.6 Å². The van der Waals surface area contributed by atoms with E-state index in [9.17, 15) is 9.90 Å². The molecule has 1 aromatic heterocycles. The van der Waals surface area contributed by atoms with Gasteiger partial charge in [-0.25, -0.2) is 0 Å². The number of halogens is 1. The third-order valence-electron chi connectivity index (χ3n) is 4.35. The highest BCUT2D eigenvalue weighted by atomic mass is 35.5. The molecule has 25 heavy (non-hydrogen) atoms. The first kappa shape index (κ1) is 19.4. The maximum absolute atomic E-state index is 12.8. The van der Waals surface area contributed by atoms with Crippen LogP contribution < -0.4 is 5.32 Å². The first-order chi connectivity index (χ1) is 11.8. The van der Waals surface area contributed by atoms with Crippen molar-refractivity contribution < 1.29 is 9.90 Å². The molecule has 3 rings (SSSR count). The Hall–Kier alpha value is -1.89. The van der Waals surface area contributed by atoms with Gasteiger partial charge >= 0.3 is 0 Å². The average Bonchev–Trinajstić information content (AvgIpc) is 3.12. The summed E-state index contributed by atoms with van der Waals surface area (Å²) in [4.78, 5) is 14.4. The normalized spacial score (nSPS) is 16.9. The lowest BCUT2D eigenvalue weighted by Crippen LogP contribution is -2.34. The highest BCUT2D eigenvalue weighted by Crippen LogP contribution is 2.16. The number of benzene rings is 1. The molecule has 0 radical (unpaired) electrons. The van der Waals surface area contributed by atoms with E-state index in [1.807, 2.05) is 41.2 Å². The first-order valence-corrected chi connectivity index (χ1v) is 8.48. The number of carbonyl (C=O) groups excluding carboxylic acids is 1. The van der Waals surface area contributed by atoms with Crippen molar-refractivity contribution in [2.75, 3.05) is 26.2 Å². The molecule has 1 unspecified atom stereocenters. The Kier molecular flexibility index (Phi) is 7.43. The highest BCUT2D eigenvalue weighted by Gasteiger charge is 2.21. The molecule has 1 saturated heterocycles. The number of aliphatic hydroxyl groups excluding tert-OH is 1. The van der Waals surface area contributed by atoms with Gasteiger partial charge in [-0.15, -0.1) is 12.4 Å². The molecule has 6 nitrogen and oxygen atoms in total. The molecule has 2 aromatic rings. The molecule has 1 fully saturated rings. The fraction of sp³-hybridized carbons (Fsp3) is 0.444. The number of piperidine rings is 1. The predicted molar refractivity (Wildman–Crippen MR) is 98.9 cm³/mol. The van der Waals surface area contributed by atoms with Crippen LogP contribution in [0.2, 0.25) is 0 Å². The number of aliphatic hydroxyl groups is 1. The molecule has 2 N–H and O–H groups in total. The maximum Gasteiger partial charge on any atom is 0.274 e. The van der Waals surface area contributed by atoms with Crippen molar-refractivity contribution in [3.8, 4) is 0 Å². The monoisotopic (exact) mass is 364 g/mol. The van der Waals surface area contributed by atoms with Crippen molar-refractivity contribution in [2.24, 2.45) is 0 Å². The molecule has 0 saturated carbocycles. The first-order valence-electron chi connectivity index (χ1n) is 8.48. The molecule has 1 aliphatic rings. The lowest BCUT2D eigenvalue weighted by Gasteiger charge is -2.23. The minimum Gasteiger partial charge on any atom is -0.395 e. The van der Waals surface area contributed by atoms with Crippen LogP contribution in [0.4, 0.5) is 0 Å². The summed E-state index contributed by atoms with van der Waals surface area (Å²) in [6, 6.07) is 11.9. The minimum atomic E-state index is -0.143. The van der Waals surface area contributed by atoms with E-state index < -0.39 is 0 Å². The second-order valence-corrected chi connectivity index (χ2v) is 6.12. The van der Waals surface area contributed by atoms with E-state index in [1.165, 1.54) is 0 Å². The third kappa shape index (κ3) is 5.04. The summed E-state index contributed by atoms with van der Waals surface area (Å²) < 4.78 is 1.89. The summed E-state index contributed by atoms with van der Waals surface area (Å²) >= 11 is 0. The maximum atomic E-state index is 12.8. The molecule has 0 spiro atoms. The minimum absolute atomic E-state index is 0. The fourth-order valence-corrected chi connectivity index (χ4v) is 3.05. The van der Waals surface area contributed by atoms with Gasteiger partial charge in [-0.2, -0.15) is 5.10 Å². The lowest BCUT2D eigenvalue weighted by atomic mass is 10.1. The largest absolute Gasteiger partial charge is 0.395 e. The predicted octanol–water partition coefficient (Wildman–Crippen LogP) is 1.86. The van der Waals surface area contributed by atoms with Crippen LogP contribution in [0.5, 0.6) is 0 Å². The van der Waals surface area contributed by atoms with Crippen LogP contribution in [-0.4, -0.2) is 51.9 Å². The van der Waals surface area contributed by atoms with Crippen LogP contribution >= 0.6 is 12.4 Å². The molecule has 1 amide bonds. The zero-order valence-electron chi connectivity index (χ0n) is 14.2. The number of nitrogens with one attached hydrogen (secondary N) is 1. The number of hydrogen-bond acceptors (Lipinski definition) is 4. The van der Waals surface area contributed by atoms with Gasteiger partial charge in [0.2, 0.25) is 0 Å². The quantitative estimate of drug-likeness (QED) is 0.820. The van der Waals surface area contributed by atoms with Crippen molar-refractivity contribution in [1.29, 1.82) is 0 Å². The number of nitrogens with zero attached hydrogens (tertiary/aromatic N) is 3. The number of amides is 1. The summed E-state index contributed by atoms with van der Waals surface area (Å²) in [6.45, 7) is 2.64. The van der Waals surface area contributed by atoms with E-state index in [0.29, 0.717) is 24.8 Å². The molecule has 2 heterocycles. The Bertz CT molecular complexity index is 656. The number of aromatic nitrogens is 2. The molecule has 0 bridgehead atoms. The van der Waals surface area contributed by atoms with Gasteiger partial charge in [-0.05, 0) is 31.0 Å². The molecule has 136 valence electrons.